The number of hydrogen-bond donors (Lipinski definition) is 0. The van der Waals surface area contributed by atoms with Crippen molar-refractivity contribution < 1.29 is 13.7 Å². The molecular formula is C21H21FN4O2. The molecule has 1 saturated heterocycles. The van der Waals surface area contributed by atoms with Crippen molar-refractivity contribution in [3.8, 4) is 0 Å². The van der Waals surface area contributed by atoms with Crippen molar-refractivity contribution in [2.75, 3.05) is 13.1 Å². The zero-order chi connectivity index (χ0) is 19.3. The van der Waals surface area contributed by atoms with Crippen LogP contribution in [0.25, 0.3) is 0 Å². The summed E-state index contributed by atoms with van der Waals surface area (Å²) < 4.78 is 18.7. The smallest absolute Gasteiger partial charge is 0.240 e. The van der Waals surface area contributed by atoms with Crippen LogP contribution < -0.4 is 0 Å². The maximum absolute atomic E-state index is 13.3. The number of carbonyl (C=O) groups is 1. The van der Waals surface area contributed by atoms with Gasteiger partial charge in [0.05, 0.1) is 6.54 Å². The molecule has 0 aliphatic carbocycles. The Balaban J connectivity index is 1.36. The van der Waals surface area contributed by atoms with Crippen molar-refractivity contribution in [3.63, 3.8) is 0 Å². The van der Waals surface area contributed by atoms with Crippen molar-refractivity contribution in [1.82, 2.24) is 20.0 Å². The molecule has 1 aliphatic rings. The normalized spacial score (nSPS) is 17.5. The van der Waals surface area contributed by atoms with Gasteiger partial charge < -0.3 is 4.52 Å². The number of hydrogen-bond acceptors (Lipinski definition) is 6. The molecule has 6 nitrogen and oxygen atoms in total. The highest BCUT2D eigenvalue weighted by atomic mass is 19.1. The molecular weight excluding hydrogens is 359 g/mol. The molecule has 1 fully saturated rings. The molecule has 0 unspecified atom stereocenters. The first kappa shape index (κ1) is 18.4. The minimum Gasteiger partial charge on any atom is -0.338 e. The molecule has 0 N–H and O–H groups in total. The monoisotopic (exact) mass is 380 g/mol. The Labute approximate surface area is 162 Å². The van der Waals surface area contributed by atoms with Gasteiger partial charge in [0, 0.05) is 25.1 Å². The minimum absolute atomic E-state index is 0.0710. The number of piperidine rings is 1. The van der Waals surface area contributed by atoms with Crippen LogP contribution in [0, 0.1) is 11.7 Å². The lowest BCUT2D eigenvalue weighted by Crippen LogP contribution is -2.38. The molecule has 0 amide bonds. The summed E-state index contributed by atoms with van der Waals surface area (Å²) in [4.78, 5) is 23.4. The van der Waals surface area contributed by atoms with Gasteiger partial charge in [0.25, 0.3) is 0 Å². The Morgan fingerprint density at radius 1 is 1.25 bits per heavy atom. The minimum atomic E-state index is -0.279. The number of pyridine rings is 1. The molecule has 1 aliphatic heterocycles. The first-order valence-electron chi connectivity index (χ1n) is 9.41. The number of benzene rings is 1. The summed E-state index contributed by atoms with van der Waals surface area (Å²) in [5.41, 5.74) is 1.32. The van der Waals surface area contributed by atoms with E-state index in [-0.39, 0.29) is 17.5 Å². The average Bonchev–Trinajstić information content (AvgIpc) is 3.15. The highest BCUT2D eigenvalue weighted by molar-refractivity contribution is 5.96. The number of carbonyl (C=O) groups excluding carboxylic acids is 1. The second kappa shape index (κ2) is 8.39. The highest BCUT2D eigenvalue weighted by Gasteiger charge is 2.28. The zero-order valence-electron chi connectivity index (χ0n) is 15.4. The molecule has 0 radical (unpaired) electrons. The molecule has 0 spiro atoms. The summed E-state index contributed by atoms with van der Waals surface area (Å²) in [5, 5.41) is 4.00. The maximum Gasteiger partial charge on any atom is 0.240 e. The fourth-order valence-corrected chi connectivity index (χ4v) is 3.58. The van der Waals surface area contributed by atoms with E-state index in [0.717, 1.165) is 24.9 Å². The van der Waals surface area contributed by atoms with Crippen LogP contribution in [0.4, 0.5) is 4.39 Å². The van der Waals surface area contributed by atoms with Gasteiger partial charge >= 0.3 is 0 Å². The van der Waals surface area contributed by atoms with Gasteiger partial charge in [0.2, 0.25) is 5.89 Å². The SMILES string of the molecule is O=C(c1ccccn1)[C@H]1CCCN(Cc2nc(Cc3cccc(F)c3)no2)C1. The van der Waals surface area contributed by atoms with Crippen molar-refractivity contribution in [1.29, 1.82) is 0 Å². The average molecular weight is 380 g/mol. The first-order chi connectivity index (χ1) is 13.7. The molecule has 1 atom stereocenters. The van der Waals surface area contributed by atoms with E-state index in [0.29, 0.717) is 36.9 Å². The van der Waals surface area contributed by atoms with Crippen LogP contribution in [0.1, 0.15) is 40.6 Å². The third-order valence-corrected chi connectivity index (χ3v) is 4.91. The lowest BCUT2D eigenvalue weighted by molar-refractivity contribution is 0.0792. The molecule has 2 aromatic heterocycles. The Morgan fingerprint density at radius 3 is 3.00 bits per heavy atom. The van der Waals surface area contributed by atoms with Crippen LogP contribution in [-0.4, -0.2) is 38.9 Å². The molecule has 3 heterocycles. The van der Waals surface area contributed by atoms with Crippen LogP contribution in [0.5, 0.6) is 0 Å². The Hall–Kier alpha value is -2.93. The third-order valence-electron chi connectivity index (χ3n) is 4.91. The number of ketones is 1. The van der Waals surface area contributed by atoms with E-state index in [1.165, 1.54) is 12.1 Å². The summed E-state index contributed by atoms with van der Waals surface area (Å²) in [7, 11) is 0. The zero-order valence-corrected chi connectivity index (χ0v) is 15.4. The summed E-state index contributed by atoms with van der Waals surface area (Å²) in [6, 6.07) is 11.8. The summed E-state index contributed by atoms with van der Waals surface area (Å²) in [6.07, 6.45) is 3.86. The largest absolute Gasteiger partial charge is 0.338 e. The standard InChI is InChI=1S/C21H21FN4O2/c22-17-7-3-5-15(11-17)12-19-24-20(28-25-19)14-26-10-4-6-16(13-26)21(27)18-8-1-2-9-23-18/h1-3,5,7-9,11,16H,4,6,10,12-14H2/t16-/m0/s1. The Kier molecular flexibility index (Phi) is 5.53. The van der Waals surface area contributed by atoms with Crippen LogP contribution in [0.3, 0.4) is 0 Å². The molecule has 28 heavy (non-hydrogen) atoms. The van der Waals surface area contributed by atoms with Gasteiger partial charge in [-0.05, 0) is 49.2 Å². The lowest BCUT2D eigenvalue weighted by atomic mass is 9.92. The van der Waals surface area contributed by atoms with Gasteiger partial charge in [0.15, 0.2) is 11.6 Å². The third kappa shape index (κ3) is 4.48. The number of nitrogens with zero attached hydrogens (tertiary/aromatic N) is 4. The van der Waals surface area contributed by atoms with Crippen molar-refractivity contribution in [3.05, 3.63) is 77.5 Å². The van der Waals surface area contributed by atoms with E-state index in [1.54, 1.807) is 24.4 Å². The molecule has 7 heteroatoms. The van der Waals surface area contributed by atoms with E-state index >= 15 is 0 Å². The van der Waals surface area contributed by atoms with E-state index in [1.807, 2.05) is 12.1 Å². The number of Topliss-reactive ketones (excluding diaryl/α,β-unsaturated/α-hetero) is 1. The lowest BCUT2D eigenvalue weighted by Gasteiger charge is -2.30. The van der Waals surface area contributed by atoms with Gasteiger partial charge in [-0.15, -0.1) is 0 Å². The molecule has 4 rings (SSSR count). The first-order valence-corrected chi connectivity index (χ1v) is 9.41. The summed E-state index contributed by atoms with van der Waals surface area (Å²) in [6.45, 7) is 2.03. The number of rotatable bonds is 6. The quantitative estimate of drug-likeness (QED) is 0.611. The molecule has 0 bridgehead atoms. The highest BCUT2D eigenvalue weighted by Crippen LogP contribution is 2.21. The topological polar surface area (TPSA) is 72.1 Å². The fraction of sp³-hybridized carbons (Fsp3) is 0.333. The molecule has 0 saturated carbocycles. The predicted molar refractivity (Wildman–Crippen MR) is 100 cm³/mol. The number of halogens is 1. The van der Waals surface area contributed by atoms with Gasteiger partial charge in [-0.2, -0.15) is 4.98 Å². The van der Waals surface area contributed by atoms with Gasteiger partial charge in [-0.25, -0.2) is 4.39 Å². The second-order valence-corrected chi connectivity index (χ2v) is 7.06. The number of aromatic nitrogens is 3. The van der Waals surface area contributed by atoms with Crippen LogP contribution in [-0.2, 0) is 13.0 Å². The van der Waals surface area contributed by atoms with E-state index in [2.05, 4.69) is 20.0 Å². The fourth-order valence-electron chi connectivity index (χ4n) is 3.58. The van der Waals surface area contributed by atoms with Crippen LogP contribution in [0.2, 0.25) is 0 Å². The van der Waals surface area contributed by atoms with Crippen LogP contribution in [0.15, 0.2) is 53.2 Å². The van der Waals surface area contributed by atoms with E-state index in [9.17, 15) is 9.18 Å². The Bertz CT molecular complexity index is 944. The summed E-state index contributed by atoms with van der Waals surface area (Å²) in [5.74, 6) is 0.773. The van der Waals surface area contributed by atoms with E-state index in [4.69, 9.17) is 4.52 Å². The van der Waals surface area contributed by atoms with Gasteiger partial charge in [0.1, 0.15) is 11.5 Å². The molecule has 1 aromatic carbocycles. The van der Waals surface area contributed by atoms with Gasteiger partial charge in [-0.3, -0.25) is 14.7 Å². The van der Waals surface area contributed by atoms with Crippen molar-refractivity contribution in [2.45, 2.75) is 25.8 Å². The van der Waals surface area contributed by atoms with Gasteiger partial charge in [-0.1, -0.05) is 23.4 Å². The Morgan fingerprint density at radius 2 is 2.18 bits per heavy atom. The summed E-state index contributed by atoms with van der Waals surface area (Å²) >= 11 is 0. The van der Waals surface area contributed by atoms with E-state index < -0.39 is 0 Å². The van der Waals surface area contributed by atoms with Crippen LogP contribution >= 0.6 is 0 Å². The second-order valence-electron chi connectivity index (χ2n) is 7.06. The van der Waals surface area contributed by atoms with Crippen molar-refractivity contribution in [2.24, 2.45) is 5.92 Å². The van der Waals surface area contributed by atoms with Crippen molar-refractivity contribution >= 4 is 5.78 Å². The molecule has 144 valence electrons. The molecule has 3 aromatic rings. The predicted octanol–water partition coefficient (Wildman–Crippen LogP) is 3.29. The number of likely N-dealkylation sites (tertiary alicyclic amines) is 1. The maximum atomic E-state index is 13.3.